The molecule has 0 amide bonds. The van der Waals surface area contributed by atoms with Crippen LogP contribution in [0.5, 0.6) is 0 Å². The van der Waals surface area contributed by atoms with Crippen LogP contribution in [0.15, 0.2) is 0 Å². The zero-order chi connectivity index (χ0) is 8.48. The van der Waals surface area contributed by atoms with Crippen LogP contribution in [0, 0.1) is 0 Å². The molecular formula is C7H10O4. The molecule has 0 aromatic heterocycles. The molecule has 1 saturated heterocycles. The highest BCUT2D eigenvalue weighted by Gasteiger charge is 2.62. The Hall–Kier alpha value is -0.900. The lowest BCUT2D eigenvalue weighted by Crippen LogP contribution is -2.28. The van der Waals surface area contributed by atoms with E-state index in [2.05, 4.69) is 0 Å². The molecule has 1 fully saturated rings. The van der Waals surface area contributed by atoms with Gasteiger partial charge in [-0.3, -0.25) is 4.79 Å². The lowest BCUT2D eigenvalue weighted by atomic mass is 10.0. The Balaban J connectivity index is 2.56. The molecule has 4 heteroatoms. The normalized spacial score (nSPS) is 34.8. The largest absolute Gasteiger partial charge is 0.479 e. The van der Waals surface area contributed by atoms with Gasteiger partial charge >= 0.3 is 5.97 Å². The molecule has 0 aromatic rings. The highest BCUT2D eigenvalue weighted by atomic mass is 16.6. The van der Waals surface area contributed by atoms with Gasteiger partial charge in [0, 0.05) is 0 Å². The minimum atomic E-state index is -1.50. The number of hydrogen-bond donors (Lipinski definition) is 1. The van der Waals surface area contributed by atoms with E-state index >= 15 is 0 Å². The minimum Gasteiger partial charge on any atom is -0.479 e. The summed E-state index contributed by atoms with van der Waals surface area (Å²) in [6, 6.07) is 0. The Morgan fingerprint density at radius 2 is 2.45 bits per heavy atom. The van der Waals surface area contributed by atoms with Crippen molar-refractivity contribution in [1.82, 2.24) is 0 Å². The van der Waals surface area contributed by atoms with Gasteiger partial charge in [0.15, 0.2) is 6.29 Å². The minimum absolute atomic E-state index is 0.371. The standard InChI is InChI=1S/C7H10O4/c1-2-3-5-7(4-8,11-5)6(9)10/h4-5H,2-3H2,1H3,(H,9,10). The van der Waals surface area contributed by atoms with Gasteiger partial charge in [0.25, 0.3) is 0 Å². The Morgan fingerprint density at radius 1 is 1.82 bits per heavy atom. The molecule has 62 valence electrons. The Morgan fingerprint density at radius 3 is 2.73 bits per heavy atom. The van der Waals surface area contributed by atoms with E-state index in [4.69, 9.17) is 9.84 Å². The van der Waals surface area contributed by atoms with Crippen molar-refractivity contribution in [3.8, 4) is 0 Å². The second-order valence-electron chi connectivity index (χ2n) is 2.61. The topological polar surface area (TPSA) is 66.9 Å². The van der Waals surface area contributed by atoms with Crippen molar-refractivity contribution in [3.63, 3.8) is 0 Å². The number of aliphatic carboxylic acids is 1. The number of carbonyl (C=O) groups is 2. The van der Waals surface area contributed by atoms with Gasteiger partial charge in [0.1, 0.15) is 6.10 Å². The van der Waals surface area contributed by atoms with E-state index in [1.165, 1.54) is 0 Å². The van der Waals surface area contributed by atoms with Gasteiger partial charge in [-0.15, -0.1) is 0 Å². The van der Waals surface area contributed by atoms with E-state index in [1.54, 1.807) is 0 Å². The first-order valence-corrected chi connectivity index (χ1v) is 3.55. The lowest BCUT2D eigenvalue weighted by molar-refractivity contribution is -0.145. The summed E-state index contributed by atoms with van der Waals surface area (Å²) in [5, 5.41) is 8.54. The Kier molecular flexibility index (Phi) is 1.95. The first kappa shape index (κ1) is 8.20. The summed E-state index contributed by atoms with van der Waals surface area (Å²) in [4.78, 5) is 20.8. The molecule has 4 nitrogen and oxygen atoms in total. The molecule has 2 unspecified atom stereocenters. The first-order valence-electron chi connectivity index (χ1n) is 3.55. The molecule has 0 aromatic carbocycles. The van der Waals surface area contributed by atoms with Crippen molar-refractivity contribution >= 4 is 12.3 Å². The van der Waals surface area contributed by atoms with Crippen LogP contribution in [0.25, 0.3) is 0 Å². The van der Waals surface area contributed by atoms with Gasteiger partial charge in [0.05, 0.1) is 0 Å². The van der Waals surface area contributed by atoms with Crippen molar-refractivity contribution in [2.45, 2.75) is 31.5 Å². The van der Waals surface area contributed by atoms with Gasteiger partial charge in [-0.2, -0.15) is 0 Å². The van der Waals surface area contributed by atoms with Crippen molar-refractivity contribution in [2.75, 3.05) is 0 Å². The third-order valence-electron chi connectivity index (χ3n) is 1.82. The Bertz CT molecular complexity index is 189. The molecular weight excluding hydrogens is 148 g/mol. The first-order chi connectivity index (χ1) is 5.17. The molecule has 0 saturated carbocycles. The van der Waals surface area contributed by atoms with Gasteiger partial charge in [-0.1, -0.05) is 13.3 Å². The number of carboxylic acid groups (broad SMARTS) is 1. The van der Waals surface area contributed by atoms with Crippen LogP contribution < -0.4 is 0 Å². The quantitative estimate of drug-likeness (QED) is 0.360. The van der Waals surface area contributed by atoms with Gasteiger partial charge in [0.2, 0.25) is 5.60 Å². The Labute approximate surface area is 64.2 Å². The average Bonchev–Trinajstić information content (AvgIpc) is 2.65. The van der Waals surface area contributed by atoms with Crippen molar-refractivity contribution in [2.24, 2.45) is 0 Å². The van der Waals surface area contributed by atoms with Crippen LogP contribution in [-0.2, 0) is 14.3 Å². The SMILES string of the molecule is CCCC1OC1(C=O)C(=O)O. The van der Waals surface area contributed by atoms with Crippen LogP contribution in [0.1, 0.15) is 19.8 Å². The number of aldehydes is 1. The summed E-state index contributed by atoms with van der Waals surface area (Å²) < 4.78 is 4.79. The fourth-order valence-electron chi connectivity index (χ4n) is 1.08. The van der Waals surface area contributed by atoms with Crippen LogP contribution >= 0.6 is 0 Å². The fraction of sp³-hybridized carbons (Fsp3) is 0.714. The van der Waals surface area contributed by atoms with E-state index in [0.29, 0.717) is 12.7 Å². The number of rotatable bonds is 4. The highest BCUT2D eigenvalue weighted by Crippen LogP contribution is 2.37. The molecule has 1 heterocycles. The number of epoxide rings is 1. The smallest absolute Gasteiger partial charge is 0.346 e. The molecule has 0 bridgehead atoms. The third kappa shape index (κ3) is 1.14. The molecule has 1 rings (SSSR count). The maximum atomic E-state index is 10.4. The van der Waals surface area contributed by atoms with Crippen LogP contribution in [0.3, 0.4) is 0 Å². The maximum Gasteiger partial charge on any atom is 0.346 e. The molecule has 11 heavy (non-hydrogen) atoms. The van der Waals surface area contributed by atoms with E-state index in [0.717, 1.165) is 6.42 Å². The van der Waals surface area contributed by atoms with E-state index in [1.807, 2.05) is 6.92 Å². The number of hydrogen-bond acceptors (Lipinski definition) is 3. The average molecular weight is 158 g/mol. The van der Waals surface area contributed by atoms with E-state index < -0.39 is 17.7 Å². The monoisotopic (exact) mass is 158 g/mol. The molecule has 2 atom stereocenters. The van der Waals surface area contributed by atoms with Gasteiger partial charge < -0.3 is 9.84 Å². The zero-order valence-electron chi connectivity index (χ0n) is 6.24. The summed E-state index contributed by atoms with van der Waals surface area (Å²) in [5.41, 5.74) is -1.50. The summed E-state index contributed by atoms with van der Waals surface area (Å²) in [6.45, 7) is 1.92. The van der Waals surface area contributed by atoms with Crippen molar-refractivity contribution in [3.05, 3.63) is 0 Å². The molecule has 1 aliphatic heterocycles. The van der Waals surface area contributed by atoms with E-state index in [-0.39, 0.29) is 0 Å². The van der Waals surface area contributed by atoms with Crippen LogP contribution in [0.4, 0.5) is 0 Å². The molecule has 0 radical (unpaired) electrons. The lowest BCUT2D eigenvalue weighted by Gasteiger charge is -1.94. The number of carboxylic acids is 1. The molecule has 0 spiro atoms. The van der Waals surface area contributed by atoms with Crippen molar-refractivity contribution < 1.29 is 19.4 Å². The van der Waals surface area contributed by atoms with Crippen molar-refractivity contribution in [1.29, 1.82) is 0 Å². The van der Waals surface area contributed by atoms with Gasteiger partial charge in [-0.05, 0) is 6.42 Å². The second-order valence-corrected chi connectivity index (χ2v) is 2.61. The molecule has 0 aliphatic carbocycles. The third-order valence-corrected chi connectivity index (χ3v) is 1.82. The molecule has 1 aliphatic rings. The summed E-state index contributed by atoms with van der Waals surface area (Å²) in [5.74, 6) is -1.18. The summed E-state index contributed by atoms with van der Waals surface area (Å²) in [7, 11) is 0. The number of carbonyl (C=O) groups excluding carboxylic acids is 1. The van der Waals surface area contributed by atoms with Gasteiger partial charge in [-0.25, -0.2) is 4.79 Å². The zero-order valence-corrected chi connectivity index (χ0v) is 6.24. The number of ether oxygens (including phenoxy) is 1. The summed E-state index contributed by atoms with van der Waals surface area (Å²) in [6.07, 6.45) is 1.43. The second kappa shape index (κ2) is 2.62. The van der Waals surface area contributed by atoms with E-state index in [9.17, 15) is 9.59 Å². The molecule has 1 N–H and O–H groups in total. The van der Waals surface area contributed by atoms with Crippen LogP contribution in [-0.4, -0.2) is 29.1 Å². The predicted octanol–water partition coefficient (Wildman–Crippen LogP) is 0.208. The highest BCUT2D eigenvalue weighted by molar-refractivity contribution is 5.99. The maximum absolute atomic E-state index is 10.4. The summed E-state index contributed by atoms with van der Waals surface area (Å²) >= 11 is 0. The predicted molar refractivity (Wildman–Crippen MR) is 36.2 cm³/mol. The van der Waals surface area contributed by atoms with Crippen LogP contribution in [0.2, 0.25) is 0 Å². The fourth-order valence-corrected chi connectivity index (χ4v) is 1.08.